The van der Waals surface area contributed by atoms with E-state index in [0.717, 1.165) is 45.2 Å². The molecular formula is C25H36N2O2. The van der Waals surface area contributed by atoms with Gasteiger partial charge in [0.25, 0.3) is 0 Å². The van der Waals surface area contributed by atoms with Gasteiger partial charge in [0.1, 0.15) is 0 Å². The Labute approximate surface area is 175 Å². The summed E-state index contributed by atoms with van der Waals surface area (Å²) in [6.07, 6.45) is 11.6. The topological polar surface area (TPSA) is 49.4 Å². The van der Waals surface area contributed by atoms with Gasteiger partial charge in [-0.15, -0.1) is 0 Å². The number of allylic oxidation sites excluding steroid dienone is 1. The number of nitrogens with zero attached hydrogens (tertiary/aromatic N) is 1. The van der Waals surface area contributed by atoms with Gasteiger partial charge in [-0.3, -0.25) is 9.59 Å². The summed E-state index contributed by atoms with van der Waals surface area (Å²) in [4.78, 5) is 27.5. The van der Waals surface area contributed by atoms with Crippen LogP contribution in [0.4, 0.5) is 0 Å². The quantitative estimate of drug-likeness (QED) is 0.639. The van der Waals surface area contributed by atoms with Gasteiger partial charge in [0, 0.05) is 31.5 Å². The molecule has 0 unspecified atom stereocenters. The zero-order valence-corrected chi connectivity index (χ0v) is 17.9. The van der Waals surface area contributed by atoms with Crippen LogP contribution in [0.1, 0.15) is 70.3 Å². The third-order valence-corrected chi connectivity index (χ3v) is 6.49. The minimum atomic E-state index is 0.0649. The first-order valence-electron chi connectivity index (χ1n) is 11.5. The van der Waals surface area contributed by atoms with E-state index < -0.39 is 0 Å². The van der Waals surface area contributed by atoms with Gasteiger partial charge in [0.2, 0.25) is 11.8 Å². The molecule has 158 valence electrons. The molecule has 1 aromatic carbocycles. The molecule has 0 spiro atoms. The molecule has 0 bridgehead atoms. The molecule has 0 aromatic heterocycles. The summed E-state index contributed by atoms with van der Waals surface area (Å²) in [5.41, 5.74) is 2.67. The molecule has 0 aliphatic heterocycles. The molecule has 0 heterocycles. The van der Waals surface area contributed by atoms with Crippen molar-refractivity contribution in [2.24, 2.45) is 11.8 Å². The van der Waals surface area contributed by atoms with Crippen molar-refractivity contribution in [1.82, 2.24) is 10.2 Å². The van der Waals surface area contributed by atoms with Crippen LogP contribution in [-0.4, -0.2) is 29.8 Å². The van der Waals surface area contributed by atoms with E-state index in [1.165, 1.54) is 36.8 Å². The van der Waals surface area contributed by atoms with Gasteiger partial charge in [-0.2, -0.15) is 0 Å². The van der Waals surface area contributed by atoms with E-state index in [-0.39, 0.29) is 23.7 Å². The molecule has 29 heavy (non-hydrogen) atoms. The zero-order chi connectivity index (χ0) is 20.5. The van der Waals surface area contributed by atoms with Gasteiger partial charge in [-0.1, -0.05) is 42.0 Å². The first kappa shape index (κ1) is 21.6. The molecule has 3 rings (SSSR count). The fourth-order valence-corrected chi connectivity index (χ4v) is 4.63. The lowest BCUT2D eigenvalue weighted by Crippen LogP contribution is -2.39. The lowest BCUT2D eigenvalue weighted by atomic mass is 9.80. The lowest BCUT2D eigenvalue weighted by Gasteiger charge is -2.31. The Kier molecular flexibility index (Phi) is 8.33. The summed E-state index contributed by atoms with van der Waals surface area (Å²) in [7, 11) is 0. The second kappa shape index (κ2) is 11.2. The van der Waals surface area contributed by atoms with Crippen molar-refractivity contribution in [1.29, 1.82) is 0 Å². The van der Waals surface area contributed by atoms with Gasteiger partial charge in [0.15, 0.2) is 0 Å². The van der Waals surface area contributed by atoms with Crippen LogP contribution in [0.15, 0.2) is 42.0 Å². The third kappa shape index (κ3) is 6.45. The van der Waals surface area contributed by atoms with Crippen LogP contribution in [0.3, 0.4) is 0 Å². The van der Waals surface area contributed by atoms with E-state index in [4.69, 9.17) is 0 Å². The highest BCUT2D eigenvalue weighted by Crippen LogP contribution is 2.30. The lowest BCUT2D eigenvalue weighted by molar-refractivity contribution is -0.138. The van der Waals surface area contributed by atoms with Crippen LogP contribution in [0, 0.1) is 11.8 Å². The van der Waals surface area contributed by atoms with E-state index in [1.54, 1.807) is 0 Å². The number of hydrogen-bond acceptors (Lipinski definition) is 2. The Hall–Kier alpha value is -2.10. The molecular weight excluding hydrogens is 360 g/mol. The minimum Gasteiger partial charge on any atom is -0.356 e. The Bertz CT molecular complexity index is 690. The molecule has 2 aliphatic rings. The maximum Gasteiger partial charge on any atom is 0.225 e. The smallest absolute Gasteiger partial charge is 0.225 e. The Morgan fingerprint density at radius 2 is 1.76 bits per heavy atom. The van der Waals surface area contributed by atoms with E-state index in [2.05, 4.69) is 23.5 Å². The molecule has 1 aromatic rings. The van der Waals surface area contributed by atoms with Gasteiger partial charge < -0.3 is 10.2 Å². The van der Waals surface area contributed by atoms with Crippen molar-refractivity contribution in [3.8, 4) is 0 Å². The molecule has 0 radical (unpaired) electrons. The first-order chi connectivity index (χ1) is 14.2. The number of amides is 2. The SMILES string of the molecule is CCN(Cc1ccccc1)C(=O)C1CCC(C(=O)NCCC2=CCCCC2)CC1. The van der Waals surface area contributed by atoms with Gasteiger partial charge in [-0.25, -0.2) is 0 Å². The summed E-state index contributed by atoms with van der Waals surface area (Å²) in [6, 6.07) is 10.2. The summed E-state index contributed by atoms with van der Waals surface area (Å²) in [5.74, 6) is 0.571. The maximum atomic E-state index is 13.0. The number of carbonyl (C=O) groups is 2. The predicted molar refractivity (Wildman–Crippen MR) is 117 cm³/mol. The van der Waals surface area contributed by atoms with Crippen LogP contribution in [0.5, 0.6) is 0 Å². The van der Waals surface area contributed by atoms with E-state index in [1.807, 2.05) is 30.0 Å². The largest absolute Gasteiger partial charge is 0.356 e. The number of carbonyl (C=O) groups excluding carboxylic acids is 2. The second-order valence-electron chi connectivity index (χ2n) is 8.54. The number of nitrogens with one attached hydrogen (secondary N) is 1. The molecule has 4 nitrogen and oxygen atoms in total. The third-order valence-electron chi connectivity index (χ3n) is 6.49. The average molecular weight is 397 g/mol. The summed E-state index contributed by atoms with van der Waals surface area (Å²) in [6.45, 7) is 4.20. The first-order valence-corrected chi connectivity index (χ1v) is 11.5. The van der Waals surface area contributed by atoms with E-state index >= 15 is 0 Å². The Morgan fingerprint density at radius 1 is 1.03 bits per heavy atom. The van der Waals surface area contributed by atoms with Crippen molar-refractivity contribution in [2.75, 3.05) is 13.1 Å². The zero-order valence-electron chi connectivity index (χ0n) is 17.9. The highest BCUT2D eigenvalue weighted by molar-refractivity contribution is 5.81. The Balaban J connectivity index is 1.41. The summed E-state index contributed by atoms with van der Waals surface area (Å²) < 4.78 is 0. The van der Waals surface area contributed by atoms with Crippen LogP contribution in [0.25, 0.3) is 0 Å². The van der Waals surface area contributed by atoms with Crippen LogP contribution >= 0.6 is 0 Å². The highest BCUT2D eigenvalue weighted by Gasteiger charge is 2.31. The van der Waals surface area contributed by atoms with E-state index in [9.17, 15) is 9.59 Å². The molecule has 2 amide bonds. The molecule has 0 saturated heterocycles. The Morgan fingerprint density at radius 3 is 2.41 bits per heavy atom. The van der Waals surface area contributed by atoms with Gasteiger partial charge >= 0.3 is 0 Å². The maximum absolute atomic E-state index is 13.0. The highest BCUT2D eigenvalue weighted by atomic mass is 16.2. The molecule has 1 saturated carbocycles. The summed E-state index contributed by atoms with van der Waals surface area (Å²) >= 11 is 0. The fraction of sp³-hybridized carbons (Fsp3) is 0.600. The van der Waals surface area contributed by atoms with Crippen molar-refractivity contribution in [3.05, 3.63) is 47.5 Å². The second-order valence-corrected chi connectivity index (χ2v) is 8.54. The average Bonchev–Trinajstić information content (AvgIpc) is 2.78. The van der Waals surface area contributed by atoms with Crippen LogP contribution in [-0.2, 0) is 16.1 Å². The van der Waals surface area contributed by atoms with E-state index in [0.29, 0.717) is 6.54 Å². The van der Waals surface area contributed by atoms with Gasteiger partial charge in [-0.05, 0) is 70.3 Å². The van der Waals surface area contributed by atoms with Crippen LogP contribution in [0.2, 0.25) is 0 Å². The van der Waals surface area contributed by atoms with Gasteiger partial charge in [0.05, 0.1) is 0 Å². The van der Waals surface area contributed by atoms with Crippen molar-refractivity contribution in [3.63, 3.8) is 0 Å². The molecule has 4 heteroatoms. The monoisotopic (exact) mass is 396 g/mol. The molecule has 0 atom stereocenters. The molecule has 2 aliphatic carbocycles. The number of rotatable bonds is 8. The van der Waals surface area contributed by atoms with Crippen molar-refractivity contribution < 1.29 is 9.59 Å². The minimum absolute atomic E-state index is 0.0649. The number of benzene rings is 1. The van der Waals surface area contributed by atoms with Crippen molar-refractivity contribution in [2.45, 2.75) is 71.3 Å². The van der Waals surface area contributed by atoms with Crippen LogP contribution < -0.4 is 5.32 Å². The standard InChI is InChI=1S/C25H36N2O2/c1-2-27(19-21-11-7-4-8-12-21)25(29)23-15-13-22(14-16-23)24(28)26-18-17-20-9-5-3-6-10-20/h4,7-9,11-12,22-23H,2-3,5-6,10,13-19H2,1H3,(H,26,28). The fourth-order valence-electron chi connectivity index (χ4n) is 4.63. The summed E-state index contributed by atoms with van der Waals surface area (Å²) in [5, 5.41) is 3.14. The molecule has 1 N–H and O–H groups in total. The number of hydrogen-bond donors (Lipinski definition) is 1. The normalized spacial score (nSPS) is 21.9. The molecule has 1 fully saturated rings. The predicted octanol–water partition coefficient (Wildman–Crippen LogP) is 4.85. The van der Waals surface area contributed by atoms with Crippen molar-refractivity contribution >= 4 is 11.8 Å².